The van der Waals surface area contributed by atoms with Gasteiger partial charge in [-0.3, -0.25) is 0 Å². The summed E-state index contributed by atoms with van der Waals surface area (Å²) in [4.78, 5) is 15.8. The first kappa shape index (κ1) is 17.0. The number of imidazole rings is 1. The lowest BCUT2D eigenvalue weighted by molar-refractivity contribution is 0.253. The van der Waals surface area contributed by atoms with Crippen LogP contribution in [0.1, 0.15) is 18.5 Å². The molecule has 1 aliphatic heterocycles. The average Bonchev–Trinajstić information content (AvgIpc) is 3.10. The molecule has 0 aliphatic carbocycles. The van der Waals surface area contributed by atoms with Gasteiger partial charge in [-0.2, -0.15) is 17.0 Å². The standard InChI is InChI=1S/C15H22N6O2S/c1-20(2)24(22,23)21-7-3-4-12(10-21)8-13-9-14(19-11-18-13)15-16-5-6-17-15/h5-6,9,11-12H,3-4,7-8,10H2,1-2H3,(H,16,17). The highest BCUT2D eigenvalue weighted by Gasteiger charge is 2.30. The van der Waals surface area contributed by atoms with Crippen molar-refractivity contribution in [1.82, 2.24) is 28.5 Å². The van der Waals surface area contributed by atoms with Crippen LogP contribution in [0.2, 0.25) is 0 Å². The van der Waals surface area contributed by atoms with Gasteiger partial charge in [0.2, 0.25) is 0 Å². The zero-order valence-electron chi connectivity index (χ0n) is 13.9. The summed E-state index contributed by atoms with van der Waals surface area (Å²) in [7, 11) is -0.213. The molecular weight excluding hydrogens is 328 g/mol. The minimum absolute atomic E-state index is 0.257. The second-order valence-electron chi connectivity index (χ2n) is 6.19. The van der Waals surface area contributed by atoms with Gasteiger partial charge in [-0.25, -0.2) is 15.0 Å². The summed E-state index contributed by atoms with van der Waals surface area (Å²) >= 11 is 0. The first-order chi connectivity index (χ1) is 11.5. The van der Waals surface area contributed by atoms with Crippen molar-refractivity contribution >= 4 is 10.2 Å². The molecule has 9 heteroatoms. The number of hydrogen-bond donors (Lipinski definition) is 1. The molecule has 24 heavy (non-hydrogen) atoms. The number of aromatic nitrogens is 4. The fourth-order valence-electron chi connectivity index (χ4n) is 2.97. The molecule has 0 amide bonds. The molecule has 8 nitrogen and oxygen atoms in total. The molecule has 1 fully saturated rings. The molecule has 1 aliphatic rings. The minimum Gasteiger partial charge on any atom is -0.343 e. The molecule has 1 unspecified atom stereocenters. The number of aromatic amines is 1. The summed E-state index contributed by atoms with van der Waals surface area (Å²) in [5, 5.41) is 0. The fourth-order valence-corrected chi connectivity index (χ4v) is 4.19. The smallest absolute Gasteiger partial charge is 0.281 e. The van der Waals surface area contributed by atoms with Crippen LogP contribution in [-0.4, -0.2) is 64.1 Å². The van der Waals surface area contributed by atoms with Crippen LogP contribution >= 0.6 is 0 Å². The van der Waals surface area contributed by atoms with Gasteiger partial charge in [0.25, 0.3) is 10.2 Å². The van der Waals surface area contributed by atoms with Gasteiger partial charge in [-0.15, -0.1) is 0 Å². The largest absolute Gasteiger partial charge is 0.343 e. The Bertz CT molecular complexity index is 775. The highest BCUT2D eigenvalue weighted by Crippen LogP contribution is 2.23. The van der Waals surface area contributed by atoms with Gasteiger partial charge in [0.15, 0.2) is 5.82 Å². The summed E-state index contributed by atoms with van der Waals surface area (Å²) in [6.07, 6.45) is 7.57. The van der Waals surface area contributed by atoms with E-state index in [1.807, 2.05) is 6.07 Å². The molecule has 0 radical (unpaired) electrons. The van der Waals surface area contributed by atoms with Crippen LogP contribution in [0.5, 0.6) is 0 Å². The van der Waals surface area contributed by atoms with E-state index in [4.69, 9.17) is 0 Å². The van der Waals surface area contributed by atoms with Crippen molar-refractivity contribution in [2.75, 3.05) is 27.2 Å². The lowest BCUT2D eigenvalue weighted by Gasteiger charge is -2.33. The lowest BCUT2D eigenvalue weighted by Crippen LogP contribution is -2.45. The van der Waals surface area contributed by atoms with Crippen LogP contribution in [0, 0.1) is 5.92 Å². The van der Waals surface area contributed by atoms with Gasteiger partial charge in [-0.05, 0) is 31.2 Å². The predicted molar refractivity (Wildman–Crippen MR) is 90.2 cm³/mol. The third-order valence-electron chi connectivity index (χ3n) is 4.23. The molecule has 2 aromatic rings. The fraction of sp³-hybridized carbons (Fsp3) is 0.533. The third-order valence-corrected chi connectivity index (χ3v) is 6.14. The molecule has 0 spiro atoms. The number of nitrogens with zero attached hydrogens (tertiary/aromatic N) is 5. The molecule has 0 saturated carbocycles. The zero-order chi connectivity index (χ0) is 17.2. The number of nitrogens with one attached hydrogen (secondary N) is 1. The van der Waals surface area contributed by atoms with Gasteiger partial charge in [0.05, 0.1) is 0 Å². The monoisotopic (exact) mass is 350 g/mol. The van der Waals surface area contributed by atoms with Gasteiger partial charge >= 0.3 is 0 Å². The Balaban J connectivity index is 1.71. The van der Waals surface area contributed by atoms with Gasteiger partial charge in [0.1, 0.15) is 12.0 Å². The molecular formula is C15H22N6O2S. The molecule has 130 valence electrons. The Morgan fingerprint density at radius 1 is 1.33 bits per heavy atom. The summed E-state index contributed by atoms with van der Waals surface area (Å²) in [6.45, 7) is 1.11. The van der Waals surface area contributed by atoms with Crippen molar-refractivity contribution in [3.05, 3.63) is 30.5 Å². The van der Waals surface area contributed by atoms with Crippen LogP contribution < -0.4 is 0 Å². The second kappa shape index (κ2) is 6.96. The molecule has 3 rings (SSSR count). The van der Waals surface area contributed by atoms with E-state index in [0.717, 1.165) is 30.7 Å². The van der Waals surface area contributed by atoms with E-state index in [-0.39, 0.29) is 5.92 Å². The maximum atomic E-state index is 12.3. The Kier molecular flexibility index (Phi) is 4.93. The van der Waals surface area contributed by atoms with Crippen molar-refractivity contribution in [2.24, 2.45) is 5.92 Å². The summed E-state index contributed by atoms with van der Waals surface area (Å²) < 4.78 is 27.5. The average molecular weight is 350 g/mol. The highest BCUT2D eigenvalue weighted by molar-refractivity contribution is 7.86. The third kappa shape index (κ3) is 3.63. The van der Waals surface area contributed by atoms with Crippen molar-refractivity contribution in [1.29, 1.82) is 0 Å². The van der Waals surface area contributed by atoms with Gasteiger partial charge in [-0.1, -0.05) is 0 Å². The van der Waals surface area contributed by atoms with Crippen LogP contribution in [0.4, 0.5) is 0 Å². The van der Waals surface area contributed by atoms with Gasteiger partial charge < -0.3 is 4.98 Å². The molecule has 0 bridgehead atoms. The Hall–Kier alpha value is -1.84. The van der Waals surface area contributed by atoms with Crippen LogP contribution in [0.3, 0.4) is 0 Å². The first-order valence-electron chi connectivity index (χ1n) is 7.95. The minimum atomic E-state index is -3.35. The van der Waals surface area contributed by atoms with E-state index in [9.17, 15) is 8.42 Å². The maximum absolute atomic E-state index is 12.3. The van der Waals surface area contributed by atoms with E-state index in [1.54, 1.807) is 30.8 Å². The SMILES string of the molecule is CN(C)S(=O)(=O)N1CCCC(Cc2cc(-c3ncc[nH]3)ncn2)C1. The van der Waals surface area contributed by atoms with Crippen molar-refractivity contribution in [3.63, 3.8) is 0 Å². The number of H-pyrrole nitrogens is 1. The molecule has 1 atom stereocenters. The second-order valence-corrected chi connectivity index (χ2v) is 8.34. The van der Waals surface area contributed by atoms with Crippen LogP contribution in [0.25, 0.3) is 11.5 Å². The quantitative estimate of drug-likeness (QED) is 0.865. The van der Waals surface area contributed by atoms with E-state index >= 15 is 0 Å². The Labute approximate surface area is 142 Å². The number of piperidine rings is 1. The Morgan fingerprint density at radius 2 is 2.17 bits per heavy atom. The molecule has 3 heterocycles. The van der Waals surface area contributed by atoms with E-state index in [1.165, 1.54) is 10.6 Å². The van der Waals surface area contributed by atoms with Crippen LogP contribution in [0.15, 0.2) is 24.8 Å². The summed E-state index contributed by atoms with van der Waals surface area (Å²) in [6, 6.07) is 1.91. The van der Waals surface area contributed by atoms with E-state index < -0.39 is 10.2 Å². The summed E-state index contributed by atoms with van der Waals surface area (Å²) in [5.74, 6) is 0.965. The highest BCUT2D eigenvalue weighted by atomic mass is 32.2. The Morgan fingerprint density at radius 3 is 2.88 bits per heavy atom. The molecule has 0 aromatic carbocycles. The molecule has 2 aromatic heterocycles. The van der Waals surface area contributed by atoms with Crippen molar-refractivity contribution in [2.45, 2.75) is 19.3 Å². The lowest BCUT2D eigenvalue weighted by atomic mass is 9.94. The number of hydrogen-bond acceptors (Lipinski definition) is 5. The normalized spacial score (nSPS) is 19.7. The molecule has 1 N–H and O–H groups in total. The topological polar surface area (TPSA) is 95.1 Å². The van der Waals surface area contributed by atoms with E-state index in [2.05, 4.69) is 19.9 Å². The maximum Gasteiger partial charge on any atom is 0.281 e. The van der Waals surface area contributed by atoms with Crippen molar-refractivity contribution < 1.29 is 8.42 Å². The zero-order valence-corrected chi connectivity index (χ0v) is 14.7. The first-order valence-corrected chi connectivity index (χ1v) is 9.35. The van der Waals surface area contributed by atoms with Crippen molar-refractivity contribution in [3.8, 4) is 11.5 Å². The molecule has 1 saturated heterocycles. The predicted octanol–water partition coefficient (Wildman–Crippen LogP) is 0.928. The number of rotatable bonds is 5. The van der Waals surface area contributed by atoms with E-state index in [0.29, 0.717) is 18.9 Å². The van der Waals surface area contributed by atoms with Crippen LogP contribution in [-0.2, 0) is 16.6 Å². The summed E-state index contributed by atoms with van der Waals surface area (Å²) in [5.41, 5.74) is 1.66. The van der Waals surface area contributed by atoms with Gasteiger partial charge in [0, 0.05) is 45.3 Å².